The number of aromatic nitrogens is 2. The third-order valence-corrected chi connectivity index (χ3v) is 4.03. The van der Waals surface area contributed by atoms with Gasteiger partial charge in [0.05, 0.1) is 6.54 Å². The molecule has 3 rings (SSSR count). The molecular formula is C15H19N5O. The summed E-state index contributed by atoms with van der Waals surface area (Å²) in [5, 5.41) is 0. The third-order valence-electron chi connectivity index (χ3n) is 4.03. The van der Waals surface area contributed by atoms with Crippen LogP contribution in [0.3, 0.4) is 0 Å². The SMILES string of the molecule is NC(=O)C(N)(CN1CCn2ccnc2C1)c1ccccc1. The first kappa shape index (κ1) is 13.8. The molecule has 2 aromatic rings. The van der Waals surface area contributed by atoms with Crippen molar-refractivity contribution < 1.29 is 4.79 Å². The molecule has 2 heterocycles. The highest BCUT2D eigenvalue weighted by molar-refractivity contribution is 5.86. The van der Waals surface area contributed by atoms with E-state index < -0.39 is 11.4 Å². The molecule has 6 heteroatoms. The molecule has 1 aromatic heterocycles. The summed E-state index contributed by atoms with van der Waals surface area (Å²) in [6.45, 7) is 2.73. The predicted octanol–water partition coefficient (Wildman–Crippen LogP) is 0.0382. The second-order valence-corrected chi connectivity index (χ2v) is 5.45. The van der Waals surface area contributed by atoms with Crippen LogP contribution < -0.4 is 11.5 Å². The lowest BCUT2D eigenvalue weighted by molar-refractivity contribution is -0.124. The summed E-state index contributed by atoms with van der Waals surface area (Å²) in [7, 11) is 0. The number of primary amides is 1. The first-order valence-corrected chi connectivity index (χ1v) is 6.96. The summed E-state index contributed by atoms with van der Waals surface area (Å²) in [4.78, 5) is 18.4. The molecule has 1 aliphatic heterocycles. The number of nitrogens with zero attached hydrogens (tertiary/aromatic N) is 3. The molecule has 0 spiro atoms. The Morgan fingerprint density at radius 2 is 2.05 bits per heavy atom. The number of amides is 1. The van der Waals surface area contributed by atoms with Crippen molar-refractivity contribution >= 4 is 5.91 Å². The van der Waals surface area contributed by atoms with E-state index in [2.05, 4.69) is 14.5 Å². The Labute approximate surface area is 123 Å². The van der Waals surface area contributed by atoms with Crippen molar-refractivity contribution in [1.82, 2.24) is 14.5 Å². The molecule has 0 aliphatic carbocycles. The average molecular weight is 285 g/mol. The van der Waals surface area contributed by atoms with Crippen LogP contribution in [0.4, 0.5) is 0 Å². The predicted molar refractivity (Wildman–Crippen MR) is 79.0 cm³/mol. The standard InChI is InChI=1S/C15H19N5O/c16-14(21)15(17,12-4-2-1-3-5-12)11-19-8-9-20-7-6-18-13(20)10-19/h1-7H,8-11,17H2,(H2,16,21). The van der Waals surface area contributed by atoms with Crippen molar-refractivity contribution in [2.45, 2.75) is 18.6 Å². The van der Waals surface area contributed by atoms with Gasteiger partial charge in [0, 0.05) is 32.0 Å². The molecule has 0 saturated carbocycles. The number of nitrogens with two attached hydrogens (primary N) is 2. The van der Waals surface area contributed by atoms with Crippen molar-refractivity contribution in [1.29, 1.82) is 0 Å². The van der Waals surface area contributed by atoms with E-state index >= 15 is 0 Å². The van der Waals surface area contributed by atoms with Crippen LogP contribution in [0.15, 0.2) is 42.7 Å². The molecule has 1 aliphatic rings. The summed E-state index contributed by atoms with van der Waals surface area (Å²) in [6, 6.07) is 9.31. The molecule has 0 fully saturated rings. The summed E-state index contributed by atoms with van der Waals surface area (Å²) in [6.07, 6.45) is 3.76. The van der Waals surface area contributed by atoms with Crippen LogP contribution in [0, 0.1) is 0 Å². The number of imidazole rings is 1. The highest BCUT2D eigenvalue weighted by atomic mass is 16.1. The maximum absolute atomic E-state index is 11.9. The Hall–Kier alpha value is -2.18. The second-order valence-electron chi connectivity index (χ2n) is 5.45. The fraction of sp³-hybridized carbons (Fsp3) is 0.333. The molecule has 1 unspecified atom stereocenters. The summed E-state index contributed by atoms with van der Waals surface area (Å²) in [5.41, 5.74) is 11.5. The zero-order valence-electron chi connectivity index (χ0n) is 11.8. The zero-order chi connectivity index (χ0) is 14.9. The van der Waals surface area contributed by atoms with Gasteiger partial charge >= 0.3 is 0 Å². The van der Waals surface area contributed by atoms with Gasteiger partial charge in [-0.15, -0.1) is 0 Å². The quantitative estimate of drug-likeness (QED) is 0.830. The van der Waals surface area contributed by atoms with E-state index in [0.29, 0.717) is 13.1 Å². The molecule has 0 bridgehead atoms. The second kappa shape index (κ2) is 5.31. The highest BCUT2D eigenvalue weighted by Gasteiger charge is 2.36. The van der Waals surface area contributed by atoms with Crippen LogP contribution in [-0.4, -0.2) is 33.4 Å². The number of carbonyl (C=O) groups excluding carboxylic acids is 1. The van der Waals surface area contributed by atoms with Gasteiger partial charge in [-0.1, -0.05) is 30.3 Å². The van der Waals surface area contributed by atoms with Gasteiger partial charge in [0.25, 0.3) is 0 Å². The Bertz CT molecular complexity index is 639. The summed E-state index contributed by atoms with van der Waals surface area (Å²) in [5.74, 6) is 0.476. The van der Waals surface area contributed by atoms with Gasteiger partial charge in [-0.2, -0.15) is 0 Å². The van der Waals surface area contributed by atoms with Crippen molar-refractivity contribution in [2.75, 3.05) is 13.1 Å². The molecular weight excluding hydrogens is 266 g/mol. The van der Waals surface area contributed by atoms with Gasteiger partial charge < -0.3 is 16.0 Å². The van der Waals surface area contributed by atoms with E-state index in [1.807, 2.05) is 36.5 Å². The molecule has 1 aromatic carbocycles. The van der Waals surface area contributed by atoms with Crippen LogP contribution in [0.25, 0.3) is 0 Å². The number of rotatable bonds is 4. The van der Waals surface area contributed by atoms with Gasteiger partial charge in [-0.05, 0) is 5.56 Å². The highest BCUT2D eigenvalue weighted by Crippen LogP contribution is 2.21. The Kier molecular flexibility index (Phi) is 3.48. The Balaban J connectivity index is 1.82. The van der Waals surface area contributed by atoms with E-state index in [9.17, 15) is 4.79 Å². The number of carbonyl (C=O) groups is 1. The molecule has 1 atom stereocenters. The van der Waals surface area contributed by atoms with Crippen molar-refractivity contribution in [3.8, 4) is 0 Å². The molecule has 21 heavy (non-hydrogen) atoms. The van der Waals surface area contributed by atoms with E-state index in [-0.39, 0.29) is 0 Å². The molecule has 0 saturated heterocycles. The van der Waals surface area contributed by atoms with E-state index in [1.54, 1.807) is 6.20 Å². The fourth-order valence-corrected chi connectivity index (χ4v) is 2.76. The number of hydrogen-bond acceptors (Lipinski definition) is 4. The average Bonchev–Trinajstić information content (AvgIpc) is 2.95. The largest absolute Gasteiger partial charge is 0.368 e. The zero-order valence-corrected chi connectivity index (χ0v) is 11.8. The first-order chi connectivity index (χ1) is 10.1. The van der Waals surface area contributed by atoms with Gasteiger partial charge in [-0.3, -0.25) is 9.69 Å². The smallest absolute Gasteiger partial charge is 0.243 e. The molecule has 1 amide bonds. The lowest BCUT2D eigenvalue weighted by Crippen LogP contribution is -2.57. The molecule has 6 nitrogen and oxygen atoms in total. The monoisotopic (exact) mass is 285 g/mol. The molecule has 110 valence electrons. The fourth-order valence-electron chi connectivity index (χ4n) is 2.76. The van der Waals surface area contributed by atoms with Gasteiger partial charge in [0.1, 0.15) is 11.4 Å². The lowest BCUT2D eigenvalue weighted by atomic mass is 9.89. The summed E-state index contributed by atoms with van der Waals surface area (Å²) >= 11 is 0. The minimum atomic E-state index is -1.18. The van der Waals surface area contributed by atoms with E-state index in [4.69, 9.17) is 11.5 Å². The first-order valence-electron chi connectivity index (χ1n) is 6.96. The van der Waals surface area contributed by atoms with Crippen LogP contribution in [0.1, 0.15) is 11.4 Å². The molecule has 0 radical (unpaired) electrons. The number of hydrogen-bond donors (Lipinski definition) is 2. The van der Waals surface area contributed by atoms with Crippen LogP contribution in [0.5, 0.6) is 0 Å². The number of fused-ring (bicyclic) bond motifs is 1. The van der Waals surface area contributed by atoms with Gasteiger partial charge in [-0.25, -0.2) is 4.98 Å². The minimum Gasteiger partial charge on any atom is -0.368 e. The Morgan fingerprint density at radius 3 is 2.76 bits per heavy atom. The van der Waals surface area contributed by atoms with Crippen LogP contribution in [-0.2, 0) is 23.4 Å². The van der Waals surface area contributed by atoms with E-state index in [0.717, 1.165) is 24.5 Å². The third kappa shape index (κ3) is 2.55. The minimum absolute atomic E-state index is 0.388. The maximum Gasteiger partial charge on any atom is 0.243 e. The summed E-state index contributed by atoms with van der Waals surface area (Å²) < 4.78 is 2.11. The maximum atomic E-state index is 11.9. The lowest BCUT2D eigenvalue weighted by Gasteiger charge is -2.35. The topological polar surface area (TPSA) is 90.2 Å². The molecule has 4 N–H and O–H groups in total. The van der Waals surface area contributed by atoms with Crippen molar-refractivity contribution in [3.05, 3.63) is 54.1 Å². The van der Waals surface area contributed by atoms with Crippen molar-refractivity contribution in [3.63, 3.8) is 0 Å². The number of benzene rings is 1. The van der Waals surface area contributed by atoms with Crippen LogP contribution in [0.2, 0.25) is 0 Å². The van der Waals surface area contributed by atoms with Crippen molar-refractivity contribution in [2.24, 2.45) is 11.5 Å². The normalized spacial score (nSPS) is 18.0. The Morgan fingerprint density at radius 1 is 1.29 bits per heavy atom. The van der Waals surface area contributed by atoms with E-state index in [1.165, 1.54) is 0 Å². The van der Waals surface area contributed by atoms with Crippen LogP contribution >= 0.6 is 0 Å². The van der Waals surface area contributed by atoms with Gasteiger partial charge in [0.15, 0.2) is 0 Å². The van der Waals surface area contributed by atoms with Gasteiger partial charge in [0.2, 0.25) is 5.91 Å².